The minimum absolute atomic E-state index is 0.622. The fourth-order valence-electron chi connectivity index (χ4n) is 4.27. The van der Waals surface area contributed by atoms with Crippen LogP contribution in [-0.4, -0.2) is 37.6 Å². The predicted molar refractivity (Wildman–Crippen MR) is 88.0 cm³/mol. The van der Waals surface area contributed by atoms with Gasteiger partial charge in [0.25, 0.3) is 0 Å². The molecule has 20 heavy (non-hydrogen) atoms. The molecule has 2 nitrogen and oxygen atoms in total. The van der Waals surface area contributed by atoms with Crippen LogP contribution >= 0.6 is 0 Å². The molecule has 1 heterocycles. The number of likely N-dealkylation sites (tertiary alicyclic amines) is 1. The van der Waals surface area contributed by atoms with Crippen molar-refractivity contribution in [2.75, 3.05) is 26.7 Å². The van der Waals surface area contributed by atoms with Gasteiger partial charge in [-0.2, -0.15) is 0 Å². The van der Waals surface area contributed by atoms with Gasteiger partial charge in [0.05, 0.1) is 0 Å². The highest BCUT2D eigenvalue weighted by Gasteiger charge is 2.33. The second kappa shape index (κ2) is 7.26. The average Bonchev–Trinajstić information content (AvgIpc) is 2.49. The highest BCUT2D eigenvalue weighted by atomic mass is 15.1. The first-order valence-corrected chi connectivity index (χ1v) is 9.00. The van der Waals surface area contributed by atoms with Crippen molar-refractivity contribution < 1.29 is 0 Å². The van der Waals surface area contributed by atoms with Crippen LogP contribution < -0.4 is 5.32 Å². The van der Waals surface area contributed by atoms with Gasteiger partial charge in [-0.1, -0.05) is 33.6 Å². The van der Waals surface area contributed by atoms with Crippen LogP contribution in [0.1, 0.15) is 65.7 Å². The van der Waals surface area contributed by atoms with Crippen molar-refractivity contribution in [2.45, 2.75) is 71.8 Å². The summed E-state index contributed by atoms with van der Waals surface area (Å²) in [4.78, 5) is 2.75. The maximum Gasteiger partial charge on any atom is 0.0105 e. The molecule has 2 fully saturated rings. The van der Waals surface area contributed by atoms with Gasteiger partial charge in [0.2, 0.25) is 0 Å². The average molecular weight is 280 g/mol. The molecule has 0 aromatic heterocycles. The minimum atomic E-state index is 0.622. The van der Waals surface area contributed by atoms with Gasteiger partial charge in [-0.15, -0.1) is 0 Å². The zero-order valence-corrected chi connectivity index (χ0v) is 14.3. The molecule has 2 heteroatoms. The second-order valence-electron chi connectivity index (χ2n) is 7.71. The first kappa shape index (κ1) is 16.3. The Morgan fingerprint density at radius 1 is 1.15 bits per heavy atom. The van der Waals surface area contributed by atoms with Crippen molar-refractivity contribution in [2.24, 2.45) is 17.3 Å². The van der Waals surface area contributed by atoms with Gasteiger partial charge in [0.15, 0.2) is 0 Å². The molecule has 1 saturated heterocycles. The van der Waals surface area contributed by atoms with E-state index in [9.17, 15) is 0 Å². The lowest BCUT2D eigenvalue weighted by molar-refractivity contribution is 0.0780. The molecule has 1 saturated carbocycles. The summed E-state index contributed by atoms with van der Waals surface area (Å²) >= 11 is 0. The van der Waals surface area contributed by atoms with Gasteiger partial charge < -0.3 is 10.2 Å². The summed E-state index contributed by atoms with van der Waals surface area (Å²) in [5.74, 6) is 1.86. The largest absolute Gasteiger partial charge is 0.317 e. The molecule has 0 aromatic carbocycles. The lowest BCUT2D eigenvalue weighted by Crippen LogP contribution is -2.47. The first-order chi connectivity index (χ1) is 9.60. The van der Waals surface area contributed by atoms with E-state index in [1.54, 1.807) is 0 Å². The summed E-state index contributed by atoms with van der Waals surface area (Å²) in [6, 6.07) is 0.761. The van der Waals surface area contributed by atoms with Crippen molar-refractivity contribution >= 4 is 0 Å². The summed E-state index contributed by atoms with van der Waals surface area (Å²) in [7, 11) is 2.16. The lowest BCUT2D eigenvalue weighted by atomic mass is 9.75. The fraction of sp³-hybridized carbons (Fsp3) is 1.00. The van der Waals surface area contributed by atoms with Crippen LogP contribution in [-0.2, 0) is 0 Å². The number of piperidine rings is 1. The molecule has 1 aliphatic heterocycles. The SMILES string of the molecule is CCC1CCC(NC)C(CN2CCC(C)(CC)CC2)C1. The second-order valence-corrected chi connectivity index (χ2v) is 7.71. The zero-order valence-electron chi connectivity index (χ0n) is 14.3. The van der Waals surface area contributed by atoms with Gasteiger partial charge in [-0.3, -0.25) is 0 Å². The van der Waals surface area contributed by atoms with Crippen molar-refractivity contribution in [1.82, 2.24) is 10.2 Å². The monoisotopic (exact) mass is 280 g/mol. The van der Waals surface area contributed by atoms with Crippen LogP contribution in [0.3, 0.4) is 0 Å². The van der Waals surface area contributed by atoms with Gasteiger partial charge in [0.1, 0.15) is 0 Å². The molecular formula is C18H36N2. The maximum atomic E-state index is 3.59. The Labute approximate surface area is 126 Å². The van der Waals surface area contributed by atoms with E-state index >= 15 is 0 Å². The summed E-state index contributed by atoms with van der Waals surface area (Å²) in [6.07, 6.45) is 9.80. The maximum absolute atomic E-state index is 3.59. The Balaban J connectivity index is 1.85. The van der Waals surface area contributed by atoms with Crippen molar-refractivity contribution in [3.05, 3.63) is 0 Å². The third-order valence-electron chi connectivity index (χ3n) is 6.45. The molecule has 3 atom stereocenters. The van der Waals surface area contributed by atoms with Crippen molar-refractivity contribution in [3.63, 3.8) is 0 Å². The smallest absolute Gasteiger partial charge is 0.0105 e. The normalized spacial score (nSPS) is 35.1. The summed E-state index contributed by atoms with van der Waals surface area (Å²) in [5.41, 5.74) is 0.622. The van der Waals surface area contributed by atoms with Gasteiger partial charge in [-0.05, 0) is 69.5 Å². The molecule has 0 radical (unpaired) electrons. The van der Waals surface area contributed by atoms with E-state index in [1.807, 2.05) is 0 Å². The number of hydrogen-bond acceptors (Lipinski definition) is 2. The van der Waals surface area contributed by atoms with Crippen LogP contribution in [0.25, 0.3) is 0 Å². The topological polar surface area (TPSA) is 15.3 Å². The molecule has 0 amide bonds. The molecule has 0 bridgehead atoms. The third-order valence-corrected chi connectivity index (χ3v) is 6.45. The quantitative estimate of drug-likeness (QED) is 0.821. The minimum Gasteiger partial charge on any atom is -0.317 e. The van der Waals surface area contributed by atoms with Crippen LogP contribution in [0.5, 0.6) is 0 Å². The van der Waals surface area contributed by atoms with E-state index in [0.717, 1.165) is 17.9 Å². The van der Waals surface area contributed by atoms with E-state index < -0.39 is 0 Å². The van der Waals surface area contributed by atoms with Gasteiger partial charge in [-0.25, -0.2) is 0 Å². The summed E-state index contributed by atoms with van der Waals surface area (Å²) < 4.78 is 0. The molecule has 1 aliphatic carbocycles. The van der Waals surface area contributed by atoms with E-state index in [1.165, 1.54) is 64.6 Å². The molecular weight excluding hydrogens is 244 g/mol. The standard InChI is InChI=1S/C18H36N2/c1-5-15-7-8-17(19-4)16(13-15)14-20-11-9-18(3,6-2)10-12-20/h15-17,19H,5-14H2,1-4H3. The number of nitrogens with zero attached hydrogens (tertiary/aromatic N) is 1. The molecule has 0 spiro atoms. The van der Waals surface area contributed by atoms with Crippen LogP contribution in [0.4, 0.5) is 0 Å². The Bertz CT molecular complexity index is 281. The van der Waals surface area contributed by atoms with Gasteiger partial charge >= 0.3 is 0 Å². The first-order valence-electron chi connectivity index (χ1n) is 9.00. The Morgan fingerprint density at radius 2 is 1.85 bits per heavy atom. The van der Waals surface area contributed by atoms with Crippen molar-refractivity contribution in [3.8, 4) is 0 Å². The predicted octanol–water partition coefficient (Wildman–Crippen LogP) is 3.91. The zero-order chi connectivity index (χ0) is 14.6. The molecule has 118 valence electrons. The highest BCUT2D eigenvalue weighted by molar-refractivity contribution is 4.88. The third kappa shape index (κ3) is 3.98. The number of hydrogen-bond donors (Lipinski definition) is 1. The van der Waals surface area contributed by atoms with Crippen LogP contribution in [0, 0.1) is 17.3 Å². The summed E-state index contributed by atoms with van der Waals surface area (Å²) in [5, 5.41) is 3.59. The Hall–Kier alpha value is -0.0800. The molecule has 0 aromatic rings. The summed E-state index contributed by atoms with van der Waals surface area (Å²) in [6.45, 7) is 11.2. The van der Waals surface area contributed by atoms with Crippen molar-refractivity contribution in [1.29, 1.82) is 0 Å². The Kier molecular flexibility index (Phi) is 5.92. The number of rotatable bonds is 5. The highest BCUT2D eigenvalue weighted by Crippen LogP contribution is 2.36. The van der Waals surface area contributed by atoms with E-state index in [-0.39, 0.29) is 0 Å². The van der Waals surface area contributed by atoms with E-state index in [0.29, 0.717) is 5.41 Å². The molecule has 3 unspecified atom stereocenters. The molecule has 1 N–H and O–H groups in total. The Morgan fingerprint density at radius 3 is 2.40 bits per heavy atom. The van der Waals surface area contributed by atoms with E-state index in [2.05, 4.69) is 38.0 Å². The van der Waals surface area contributed by atoms with E-state index in [4.69, 9.17) is 0 Å². The molecule has 2 aliphatic rings. The lowest BCUT2D eigenvalue weighted by Gasteiger charge is -2.43. The fourth-order valence-corrected chi connectivity index (χ4v) is 4.27. The van der Waals surface area contributed by atoms with Crippen LogP contribution in [0.2, 0.25) is 0 Å². The molecule has 2 rings (SSSR count). The number of nitrogens with one attached hydrogen (secondary N) is 1. The van der Waals surface area contributed by atoms with Crippen LogP contribution in [0.15, 0.2) is 0 Å². The van der Waals surface area contributed by atoms with Gasteiger partial charge in [0, 0.05) is 12.6 Å².